The van der Waals surface area contributed by atoms with Crippen LogP contribution >= 0.6 is 11.3 Å². The highest BCUT2D eigenvalue weighted by atomic mass is 32.2. The zero-order chi connectivity index (χ0) is 17.9. The molecule has 0 N–H and O–H groups in total. The van der Waals surface area contributed by atoms with Gasteiger partial charge in [-0.25, -0.2) is 8.42 Å². The molecular formula is C18H21NO4S2. The summed E-state index contributed by atoms with van der Waals surface area (Å²) in [5.41, 5.74) is 0.962. The van der Waals surface area contributed by atoms with Crippen molar-refractivity contribution in [3.63, 3.8) is 0 Å². The minimum atomic E-state index is -3.06. The molecule has 1 aromatic carbocycles. The van der Waals surface area contributed by atoms with Crippen molar-refractivity contribution in [1.82, 2.24) is 4.90 Å². The monoisotopic (exact) mass is 379 g/mol. The molecule has 0 aliphatic carbocycles. The van der Waals surface area contributed by atoms with Crippen molar-refractivity contribution in [2.75, 3.05) is 18.1 Å². The number of carbonyl (C=O) groups is 1. The molecule has 5 nitrogen and oxygen atoms in total. The smallest absolute Gasteiger partial charge is 0.261 e. The maximum Gasteiger partial charge on any atom is 0.261 e. The van der Waals surface area contributed by atoms with Gasteiger partial charge < -0.3 is 9.64 Å². The highest BCUT2D eigenvalue weighted by Crippen LogP contribution is 2.23. The van der Waals surface area contributed by atoms with Crippen LogP contribution in [0.2, 0.25) is 0 Å². The molecule has 0 spiro atoms. The van der Waals surface area contributed by atoms with Gasteiger partial charge in [0.05, 0.1) is 18.1 Å². The average molecular weight is 380 g/mol. The second-order valence-corrected chi connectivity index (χ2v) is 9.47. The van der Waals surface area contributed by atoms with Gasteiger partial charge in [0, 0.05) is 10.9 Å². The Morgan fingerprint density at radius 1 is 1.28 bits per heavy atom. The molecule has 2 aromatic rings. The van der Waals surface area contributed by atoms with Gasteiger partial charge >= 0.3 is 0 Å². The quantitative estimate of drug-likeness (QED) is 0.774. The molecule has 0 bridgehead atoms. The highest BCUT2D eigenvalue weighted by Gasteiger charge is 2.35. The topological polar surface area (TPSA) is 63.7 Å². The lowest BCUT2D eigenvalue weighted by atomic mass is 10.2. The number of rotatable bonds is 6. The van der Waals surface area contributed by atoms with Crippen molar-refractivity contribution in [3.05, 3.63) is 52.2 Å². The van der Waals surface area contributed by atoms with Crippen molar-refractivity contribution >= 4 is 27.1 Å². The number of hydrogen-bond donors (Lipinski definition) is 0. The third kappa shape index (κ3) is 4.61. The van der Waals surface area contributed by atoms with E-state index in [0.29, 0.717) is 18.7 Å². The fourth-order valence-electron chi connectivity index (χ4n) is 2.95. The van der Waals surface area contributed by atoms with Gasteiger partial charge in [0.1, 0.15) is 5.75 Å². The number of amides is 1. The number of hydrogen-bond acceptors (Lipinski definition) is 5. The minimum absolute atomic E-state index is 0.0362. The third-order valence-electron chi connectivity index (χ3n) is 4.32. The number of ether oxygens (including phenoxy) is 1. The van der Waals surface area contributed by atoms with Crippen LogP contribution in [-0.2, 0) is 21.2 Å². The number of sulfone groups is 1. The lowest BCUT2D eigenvalue weighted by molar-refractivity contribution is -0.135. The predicted octanol–water partition coefficient (Wildman–Crippen LogP) is 2.65. The Morgan fingerprint density at radius 3 is 2.72 bits per heavy atom. The molecule has 0 radical (unpaired) electrons. The van der Waals surface area contributed by atoms with Crippen LogP contribution in [0.25, 0.3) is 0 Å². The zero-order valence-electron chi connectivity index (χ0n) is 14.1. The summed E-state index contributed by atoms with van der Waals surface area (Å²) in [6.45, 7) is 2.26. The predicted molar refractivity (Wildman–Crippen MR) is 98.6 cm³/mol. The van der Waals surface area contributed by atoms with Gasteiger partial charge in [0.2, 0.25) is 0 Å². The van der Waals surface area contributed by atoms with E-state index in [1.54, 1.807) is 16.2 Å². The number of aryl methyl sites for hydroxylation is 1. The molecule has 0 saturated carbocycles. The van der Waals surface area contributed by atoms with E-state index in [1.807, 2.05) is 48.7 Å². The number of nitrogens with zero attached hydrogens (tertiary/aromatic N) is 1. The van der Waals surface area contributed by atoms with E-state index in [0.717, 1.165) is 10.4 Å². The third-order valence-corrected chi connectivity index (χ3v) is 6.93. The molecule has 0 unspecified atom stereocenters. The van der Waals surface area contributed by atoms with Gasteiger partial charge in [-0.15, -0.1) is 11.3 Å². The Hall–Kier alpha value is -1.86. The van der Waals surface area contributed by atoms with E-state index in [2.05, 4.69) is 0 Å². The van der Waals surface area contributed by atoms with Crippen molar-refractivity contribution in [1.29, 1.82) is 0 Å². The van der Waals surface area contributed by atoms with E-state index in [-0.39, 0.29) is 30.1 Å². The molecule has 1 aliphatic heterocycles. The maximum atomic E-state index is 12.8. The summed E-state index contributed by atoms with van der Waals surface area (Å²) >= 11 is 1.56. The summed E-state index contributed by atoms with van der Waals surface area (Å²) in [6.07, 6.45) is 0.490. The van der Waals surface area contributed by atoms with Crippen molar-refractivity contribution in [2.24, 2.45) is 0 Å². The lowest BCUT2D eigenvalue weighted by Gasteiger charge is -2.28. The average Bonchev–Trinajstić information content (AvgIpc) is 3.20. The Morgan fingerprint density at radius 2 is 2.08 bits per heavy atom. The molecule has 134 valence electrons. The molecule has 1 amide bonds. The second-order valence-electron chi connectivity index (χ2n) is 6.21. The van der Waals surface area contributed by atoms with E-state index < -0.39 is 9.84 Å². The largest absolute Gasteiger partial charge is 0.484 e. The summed E-state index contributed by atoms with van der Waals surface area (Å²) < 4.78 is 29.3. The van der Waals surface area contributed by atoms with E-state index in [9.17, 15) is 13.2 Å². The number of thiophene rings is 1. The van der Waals surface area contributed by atoms with Gasteiger partial charge in [-0.2, -0.15) is 0 Å². The fourth-order valence-corrected chi connectivity index (χ4v) is 5.39. The summed E-state index contributed by atoms with van der Waals surface area (Å²) in [7, 11) is -3.06. The number of carbonyl (C=O) groups excluding carboxylic acids is 1. The molecule has 1 aromatic heterocycles. The first-order chi connectivity index (χ1) is 11.9. The summed E-state index contributed by atoms with van der Waals surface area (Å²) in [4.78, 5) is 15.5. The van der Waals surface area contributed by atoms with Gasteiger partial charge in [-0.3, -0.25) is 4.79 Å². The first-order valence-corrected chi connectivity index (χ1v) is 10.9. The zero-order valence-corrected chi connectivity index (χ0v) is 15.7. The van der Waals surface area contributed by atoms with Crippen LogP contribution in [0.1, 0.15) is 16.9 Å². The van der Waals surface area contributed by atoms with Crippen LogP contribution in [0.4, 0.5) is 0 Å². The Balaban J connectivity index is 1.71. The van der Waals surface area contributed by atoms with Gasteiger partial charge in [-0.05, 0) is 36.4 Å². The molecule has 1 saturated heterocycles. The maximum absolute atomic E-state index is 12.8. The summed E-state index contributed by atoms with van der Waals surface area (Å²) in [6, 6.07) is 11.1. The Kier molecular flexibility index (Phi) is 5.44. The molecule has 2 heterocycles. The normalized spacial score (nSPS) is 18.8. The summed E-state index contributed by atoms with van der Waals surface area (Å²) in [5, 5.41) is 1.95. The van der Waals surface area contributed by atoms with Crippen molar-refractivity contribution in [2.45, 2.75) is 25.9 Å². The molecular weight excluding hydrogens is 358 g/mol. The molecule has 7 heteroatoms. The van der Waals surface area contributed by atoms with E-state index in [4.69, 9.17) is 4.74 Å². The van der Waals surface area contributed by atoms with Crippen molar-refractivity contribution < 1.29 is 17.9 Å². The lowest BCUT2D eigenvalue weighted by Crippen LogP contribution is -2.42. The SMILES string of the molecule is Cc1ccccc1OCC(=O)N(Cc1cccs1)[C@H]1CCS(=O)(=O)C1. The Bertz CT molecular complexity index is 831. The van der Waals surface area contributed by atoms with Gasteiger partial charge in [0.25, 0.3) is 5.91 Å². The fraction of sp³-hybridized carbons (Fsp3) is 0.389. The van der Waals surface area contributed by atoms with Crippen LogP contribution in [-0.4, -0.2) is 43.4 Å². The van der Waals surface area contributed by atoms with Crippen LogP contribution < -0.4 is 4.74 Å². The van der Waals surface area contributed by atoms with Crippen LogP contribution in [0.3, 0.4) is 0 Å². The second kappa shape index (κ2) is 7.58. The van der Waals surface area contributed by atoms with E-state index in [1.165, 1.54) is 0 Å². The standard InChI is InChI=1S/C18H21NO4S2/c1-14-5-2-3-7-17(14)23-12-18(20)19(11-16-6-4-9-24-16)15-8-10-25(21,22)13-15/h2-7,9,15H,8,10-13H2,1H3/t15-/m0/s1. The van der Waals surface area contributed by atoms with Crippen molar-refractivity contribution in [3.8, 4) is 5.75 Å². The number of benzene rings is 1. The summed E-state index contributed by atoms with van der Waals surface area (Å²) in [5.74, 6) is 0.670. The van der Waals surface area contributed by atoms with Crippen LogP contribution in [0.15, 0.2) is 41.8 Å². The minimum Gasteiger partial charge on any atom is -0.484 e. The van der Waals surface area contributed by atoms with Crippen LogP contribution in [0, 0.1) is 6.92 Å². The van der Waals surface area contributed by atoms with E-state index >= 15 is 0 Å². The molecule has 1 aliphatic rings. The van der Waals surface area contributed by atoms with Gasteiger partial charge in [0.15, 0.2) is 16.4 Å². The first kappa shape index (κ1) is 17.9. The Labute approximate surface area is 152 Å². The highest BCUT2D eigenvalue weighted by molar-refractivity contribution is 7.91. The molecule has 25 heavy (non-hydrogen) atoms. The number of para-hydroxylation sites is 1. The molecule has 1 fully saturated rings. The molecule has 1 atom stereocenters. The first-order valence-electron chi connectivity index (χ1n) is 8.15. The van der Waals surface area contributed by atoms with Gasteiger partial charge in [-0.1, -0.05) is 24.3 Å². The molecule has 3 rings (SSSR count). The van der Waals surface area contributed by atoms with Crippen LogP contribution in [0.5, 0.6) is 5.75 Å².